The molecule has 2 aromatic carbocycles. The zero-order valence-electron chi connectivity index (χ0n) is 12.1. The van der Waals surface area contributed by atoms with Crippen LogP contribution in [0.5, 0.6) is 5.75 Å². The fourth-order valence-corrected chi connectivity index (χ4v) is 3.45. The Morgan fingerprint density at radius 1 is 1.18 bits per heavy atom. The van der Waals surface area contributed by atoms with Gasteiger partial charge in [0.1, 0.15) is 11.6 Å². The molecule has 3 aromatic rings. The minimum Gasteiger partial charge on any atom is -0.497 e. The van der Waals surface area contributed by atoms with Crippen molar-refractivity contribution in [3.8, 4) is 5.75 Å². The summed E-state index contributed by atoms with van der Waals surface area (Å²) in [6.07, 6.45) is 0. The molecule has 5 heteroatoms. The third-order valence-corrected chi connectivity index (χ3v) is 4.71. The van der Waals surface area contributed by atoms with Gasteiger partial charge in [-0.1, -0.05) is 6.07 Å². The Morgan fingerprint density at radius 2 is 1.91 bits per heavy atom. The van der Waals surface area contributed by atoms with E-state index in [0.717, 1.165) is 10.4 Å². The van der Waals surface area contributed by atoms with Crippen LogP contribution >= 0.6 is 11.3 Å². The highest BCUT2D eigenvalue weighted by molar-refractivity contribution is 7.21. The van der Waals surface area contributed by atoms with Crippen LogP contribution in [-0.4, -0.2) is 13.0 Å². The quantitative estimate of drug-likeness (QED) is 0.766. The molecule has 0 unspecified atom stereocenters. The molecule has 0 spiro atoms. The van der Waals surface area contributed by atoms with Crippen LogP contribution in [0.3, 0.4) is 0 Å². The molecule has 3 rings (SSSR count). The summed E-state index contributed by atoms with van der Waals surface area (Å²) in [6, 6.07) is 12.0. The van der Waals surface area contributed by atoms with Crippen LogP contribution in [0.25, 0.3) is 10.1 Å². The summed E-state index contributed by atoms with van der Waals surface area (Å²) in [5, 5.41) is 3.34. The summed E-state index contributed by atoms with van der Waals surface area (Å²) in [4.78, 5) is 12.9. The molecular formula is C17H14FNO2S. The van der Waals surface area contributed by atoms with Crippen LogP contribution in [0.15, 0.2) is 42.5 Å². The van der Waals surface area contributed by atoms with Gasteiger partial charge in [0, 0.05) is 15.8 Å². The second-order valence-corrected chi connectivity index (χ2v) is 5.90. The number of hydrogen-bond acceptors (Lipinski definition) is 3. The molecule has 1 heterocycles. The monoisotopic (exact) mass is 315 g/mol. The Hall–Kier alpha value is -2.40. The van der Waals surface area contributed by atoms with E-state index in [1.807, 2.05) is 6.07 Å². The highest BCUT2D eigenvalue weighted by Crippen LogP contribution is 2.33. The van der Waals surface area contributed by atoms with E-state index in [2.05, 4.69) is 5.32 Å². The first-order valence-electron chi connectivity index (χ1n) is 6.73. The molecule has 0 fully saturated rings. The maximum Gasteiger partial charge on any atom is 0.266 e. The summed E-state index contributed by atoms with van der Waals surface area (Å²) in [7, 11) is 1.59. The van der Waals surface area contributed by atoms with Crippen LogP contribution in [0.4, 0.5) is 10.1 Å². The van der Waals surface area contributed by atoms with Crippen molar-refractivity contribution in [3.05, 3.63) is 58.7 Å². The minimum atomic E-state index is -0.297. The van der Waals surface area contributed by atoms with E-state index >= 15 is 0 Å². The Bertz CT molecular complexity index is 840. The number of fused-ring (bicyclic) bond motifs is 1. The fraction of sp³-hybridized carbons (Fsp3) is 0.118. The lowest BCUT2D eigenvalue weighted by atomic mass is 10.1. The summed E-state index contributed by atoms with van der Waals surface area (Å²) in [5.74, 6) is 0.191. The standard InChI is InChI=1S/C17H14FNO2S/c1-10-15-13(18)4-3-5-14(15)22-16(10)17(20)19-11-6-8-12(21-2)9-7-11/h3-9H,1-2H3,(H,19,20). The van der Waals surface area contributed by atoms with Gasteiger partial charge in [0.05, 0.1) is 12.0 Å². The molecule has 1 aromatic heterocycles. The average Bonchev–Trinajstić information content (AvgIpc) is 2.86. The molecule has 0 bridgehead atoms. The first kappa shape index (κ1) is 14.5. The van der Waals surface area contributed by atoms with Gasteiger partial charge in [-0.15, -0.1) is 11.3 Å². The van der Waals surface area contributed by atoms with E-state index in [0.29, 0.717) is 21.5 Å². The fourth-order valence-electron chi connectivity index (χ4n) is 2.33. The van der Waals surface area contributed by atoms with Crippen LogP contribution in [0.1, 0.15) is 15.2 Å². The normalized spacial score (nSPS) is 10.7. The van der Waals surface area contributed by atoms with E-state index in [-0.39, 0.29) is 11.7 Å². The summed E-state index contributed by atoms with van der Waals surface area (Å²) < 4.78 is 19.7. The number of amides is 1. The van der Waals surface area contributed by atoms with Crippen LogP contribution in [0, 0.1) is 12.7 Å². The van der Waals surface area contributed by atoms with Gasteiger partial charge in [-0.05, 0) is 48.9 Å². The predicted molar refractivity (Wildman–Crippen MR) is 87.5 cm³/mol. The lowest BCUT2D eigenvalue weighted by Gasteiger charge is -2.05. The number of anilines is 1. The van der Waals surface area contributed by atoms with E-state index < -0.39 is 0 Å². The Morgan fingerprint density at radius 3 is 2.55 bits per heavy atom. The number of nitrogens with one attached hydrogen (secondary N) is 1. The highest BCUT2D eigenvalue weighted by atomic mass is 32.1. The second-order valence-electron chi connectivity index (χ2n) is 4.85. The van der Waals surface area contributed by atoms with Crippen molar-refractivity contribution in [2.75, 3.05) is 12.4 Å². The zero-order valence-corrected chi connectivity index (χ0v) is 13.0. The minimum absolute atomic E-state index is 0.233. The molecular weight excluding hydrogens is 301 g/mol. The largest absolute Gasteiger partial charge is 0.497 e. The van der Waals surface area contributed by atoms with Crippen molar-refractivity contribution in [1.82, 2.24) is 0 Å². The van der Waals surface area contributed by atoms with E-state index in [9.17, 15) is 9.18 Å². The Balaban J connectivity index is 1.91. The molecule has 3 nitrogen and oxygen atoms in total. The van der Waals surface area contributed by atoms with Crippen LogP contribution < -0.4 is 10.1 Å². The lowest BCUT2D eigenvalue weighted by Crippen LogP contribution is -2.11. The van der Waals surface area contributed by atoms with Crippen molar-refractivity contribution < 1.29 is 13.9 Å². The van der Waals surface area contributed by atoms with Crippen LogP contribution in [-0.2, 0) is 0 Å². The van der Waals surface area contributed by atoms with Crippen molar-refractivity contribution >= 4 is 33.0 Å². The highest BCUT2D eigenvalue weighted by Gasteiger charge is 2.17. The van der Waals surface area contributed by atoms with Crippen molar-refractivity contribution in [2.24, 2.45) is 0 Å². The van der Waals surface area contributed by atoms with Gasteiger partial charge in [0.2, 0.25) is 0 Å². The van der Waals surface area contributed by atoms with Crippen LogP contribution in [0.2, 0.25) is 0 Å². The third kappa shape index (κ3) is 2.55. The van der Waals surface area contributed by atoms with Gasteiger partial charge in [0.25, 0.3) is 5.91 Å². The number of hydrogen-bond donors (Lipinski definition) is 1. The molecule has 0 aliphatic heterocycles. The molecule has 0 saturated heterocycles. The maximum atomic E-state index is 13.9. The summed E-state index contributed by atoms with van der Waals surface area (Å²) in [6.45, 7) is 1.77. The van der Waals surface area contributed by atoms with Gasteiger partial charge in [0.15, 0.2) is 0 Å². The number of benzene rings is 2. The summed E-state index contributed by atoms with van der Waals surface area (Å²) in [5.41, 5.74) is 1.34. The van der Waals surface area contributed by atoms with Gasteiger partial charge in [-0.25, -0.2) is 4.39 Å². The predicted octanol–water partition coefficient (Wildman–Crippen LogP) is 4.61. The molecule has 0 saturated carbocycles. The van der Waals surface area contributed by atoms with Gasteiger partial charge in [-0.2, -0.15) is 0 Å². The summed E-state index contributed by atoms with van der Waals surface area (Å²) >= 11 is 1.30. The van der Waals surface area contributed by atoms with Gasteiger partial charge < -0.3 is 10.1 Å². The number of carbonyl (C=O) groups excluding carboxylic acids is 1. The molecule has 0 aliphatic rings. The number of thiophene rings is 1. The number of rotatable bonds is 3. The number of aryl methyl sites for hydroxylation is 1. The number of methoxy groups -OCH3 is 1. The molecule has 1 amide bonds. The van der Waals surface area contributed by atoms with E-state index in [1.54, 1.807) is 44.4 Å². The van der Waals surface area contributed by atoms with Crippen molar-refractivity contribution in [2.45, 2.75) is 6.92 Å². The van der Waals surface area contributed by atoms with Gasteiger partial charge >= 0.3 is 0 Å². The van der Waals surface area contributed by atoms with E-state index in [1.165, 1.54) is 17.4 Å². The Kier molecular flexibility index (Phi) is 3.81. The van der Waals surface area contributed by atoms with Crippen molar-refractivity contribution in [1.29, 1.82) is 0 Å². The topological polar surface area (TPSA) is 38.3 Å². The molecule has 0 aliphatic carbocycles. The Labute approximate surface area is 131 Å². The molecule has 22 heavy (non-hydrogen) atoms. The SMILES string of the molecule is COc1ccc(NC(=O)c2sc3cccc(F)c3c2C)cc1. The van der Waals surface area contributed by atoms with Crippen molar-refractivity contribution in [3.63, 3.8) is 0 Å². The molecule has 1 N–H and O–H groups in total. The zero-order chi connectivity index (χ0) is 15.7. The lowest BCUT2D eigenvalue weighted by molar-refractivity contribution is 0.103. The molecule has 0 atom stereocenters. The molecule has 0 radical (unpaired) electrons. The first-order chi connectivity index (χ1) is 10.6. The number of halogens is 1. The maximum absolute atomic E-state index is 13.9. The smallest absolute Gasteiger partial charge is 0.266 e. The third-order valence-electron chi connectivity index (χ3n) is 3.46. The average molecular weight is 315 g/mol. The number of carbonyl (C=O) groups is 1. The van der Waals surface area contributed by atoms with E-state index in [4.69, 9.17) is 4.74 Å². The molecule has 112 valence electrons. The first-order valence-corrected chi connectivity index (χ1v) is 7.55. The second kappa shape index (κ2) is 5.77. The number of ether oxygens (including phenoxy) is 1. The van der Waals surface area contributed by atoms with Gasteiger partial charge in [-0.3, -0.25) is 4.79 Å².